The maximum atomic E-state index is 13.7. The van der Waals surface area contributed by atoms with Crippen molar-refractivity contribution in [2.45, 2.75) is 6.92 Å². The molecular weight excluding hydrogens is 352 g/mol. The summed E-state index contributed by atoms with van der Waals surface area (Å²) in [5.41, 5.74) is 0.854. The van der Waals surface area contributed by atoms with E-state index in [0.717, 1.165) is 12.1 Å². The van der Waals surface area contributed by atoms with Gasteiger partial charge in [-0.05, 0) is 55.5 Å². The molecule has 0 bridgehead atoms. The fourth-order valence-corrected chi connectivity index (χ4v) is 2.36. The van der Waals surface area contributed by atoms with Gasteiger partial charge in [0.1, 0.15) is 28.8 Å². The van der Waals surface area contributed by atoms with Crippen LogP contribution in [-0.4, -0.2) is 17.5 Å². The molecule has 3 aromatic rings. The van der Waals surface area contributed by atoms with Crippen LogP contribution < -0.4 is 15.4 Å². The van der Waals surface area contributed by atoms with E-state index in [2.05, 4.69) is 15.6 Å². The van der Waals surface area contributed by atoms with E-state index in [1.54, 1.807) is 24.3 Å². The molecule has 0 aliphatic carbocycles. The lowest BCUT2D eigenvalue weighted by Gasteiger charge is -2.09. The van der Waals surface area contributed by atoms with Crippen LogP contribution in [0.15, 0.2) is 60.8 Å². The predicted molar refractivity (Wildman–Crippen MR) is 99.4 cm³/mol. The van der Waals surface area contributed by atoms with Crippen LogP contribution in [0.25, 0.3) is 0 Å². The summed E-state index contributed by atoms with van der Waals surface area (Å²) >= 11 is 0. The quantitative estimate of drug-likeness (QED) is 0.658. The zero-order valence-electron chi connectivity index (χ0n) is 14.5. The molecule has 0 fully saturated rings. The van der Waals surface area contributed by atoms with Gasteiger partial charge in [-0.1, -0.05) is 6.07 Å². The number of carbonyl (C=O) groups is 1. The highest BCUT2D eigenvalue weighted by Crippen LogP contribution is 2.23. The second-order valence-electron chi connectivity index (χ2n) is 5.57. The van der Waals surface area contributed by atoms with Gasteiger partial charge in [-0.3, -0.25) is 4.79 Å². The fourth-order valence-electron chi connectivity index (χ4n) is 2.36. The van der Waals surface area contributed by atoms with Gasteiger partial charge in [0, 0.05) is 5.69 Å². The van der Waals surface area contributed by atoms with Crippen LogP contribution in [0.5, 0.6) is 5.75 Å². The summed E-state index contributed by atoms with van der Waals surface area (Å²) in [6.07, 6.45) is 1.33. The monoisotopic (exact) mass is 369 g/mol. The minimum absolute atomic E-state index is 0.170. The minimum Gasteiger partial charge on any atom is -0.494 e. The summed E-state index contributed by atoms with van der Waals surface area (Å²) in [6.45, 7) is 2.45. The maximum Gasteiger partial charge on any atom is 0.274 e. The second kappa shape index (κ2) is 8.27. The van der Waals surface area contributed by atoms with E-state index in [4.69, 9.17) is 4.74 Å². The molecule has 5 nitrogen and oxygen atoms in total. The Bertz CT molecular complexity index is 909. The highest BCUT2D eigenvalue weighted by molar-refractivity contribution is 6.03. The van der Waals surface area contributed by atoms with E-state index in [0.29, 0.717) is 23.7 Å². The van der Waals surface area contributed by atoms with E-state index in [-0.39, 0.29) is 11.4 Å². The minimum atomic E-state index is -0.715. The molecule has 0 aliphatic rings. The molecule has 27 heavy (non-hydrogen) atoms. The summed E-state index contributed by atoms with van der Waals surface area (Å²) in [5, 5.41) is 5.33. The van der Waals surface area contributed by atoms with Gasteiger partial charge in [0.05, 0.1) is 18.5 Å². The molecule has 0 unspecified atom stereocenters. The van der Waals surface area contributed by atoms with Crippen LogP contribution >= 0.6 is 0 Å². The van der Waals surface area contributed by atoms with Crippen LogP contribution in [0, 0.1) is 11.6 Å². The molecule has 0 saturated heterocycles. The first-order valence-corrected chi connectivity index (χ1v) is 8.28. The van der Waals surface area contributed by atoms with Crippen molar-refractivity contribution in [3.05, 3.63) is 78.1 Å². The van der Waals surface area contributed by atoms with Gasteiger partial charge >= 0.3 is 0 Å². The predicted octanol–water partition coefficient (Wildman–Crippen LogP) is 4.75. The van der Waals surface area contributed by atoms with Gasteiger partial charge in [-0.2, -0.15) is 0 Å². The van der Waals surface area contributed by atoms with E-state index in [1.165, 1.54) is 24.4 Å². The van der Waals surface area contributed by atoms with E-state index in [9.17, 15) is 13.6 Å². The summed E-state index contributed by atoms with van der Waals surface area (Å²) in [5.74, 6) is -1.12. The average Bonchev–Trinajstić information content (AvgIpc) is 2.67. The van der Waals surface area contributed by atoms with Crippen molar-refractivity contribution in [1.29, 1.82) is 0 Å². The fraction of sp³-hybridized carbons (Fsp3) is 0.100. The highest BCUT2D eigenvalue weighted by Gasteiger charge is 2.11. The molecule has 3 rings (SSSR count). The number of rotatable bonds is 6. The zero-order chi connectivity index (χ0) is 19.2. The number of halogens is 2. The number of amides is 1. The molecule has 1 amide bonds. The summed E-state index contributed by atoms with van der Waals surface area (Å²) in [4.78, 5) is 16.3. The molecule has 0 spiro atoms. The number of carbonyl (C=O) groups excluding carboxylic acids is 1. The standard InChI is InChI=1S/C20H17F2N3O2/c1-2-27-15-9-6-13(7-10-15)25-20(26)18-11-8-14(12-23-18)24-19-16(21)4-3-5-17(19)22/h3-12,24H,2H2,1H3,(H,25,26). The molecule has 0 radical (unpaired) electrons. The maximum absolute atomic E-state index is 13.7. The number of hydrogen-bond acceptors (Lipinski definition) is 4. The number of anilines is 3. The van der Waals surface area contributed by atoms with Crippen LogP contribution in [0.4, 0.5) is 25.8 Å². The van der Waals surface area contributed by atoms with Crippen molar-refractivity contribution in [1.82, 2.24) is 4.98 Å². The third kappa shape index (κ3) is 4.58. The Kier molecular flexibility index (Phi) is 5.61. The summed E-state index contributed by atoms with van der Waals surface area (Å²) < 4.78 is 32.7. The van der Waals surface area contributed by atoms with Crippen LogP contribution in [0.2, 0.25) is 0 Å². The third-order valence-corrected chi connectivity index (χ3v) is 3.65. The molecule has 7 heteroatoms. The Labute approximate surface area is 155 Å². The van der Waals surface area contributed by atoms with Gasteiger partial charge in [0.15, 0.2) is 0 Å². The first kappa shape index (κ1) is 18.3. The average molecular weight is 369 g/mol. The van der Waals surface area contributed by atoms with Gasteiger partial charge in [0.2, 0.25) is 0 Å². The first-order valence-electron chi connectivity index (χ1n) is 8.28. The van der Waals surface area contributed by atoms with Gasteiger partial charge in [0.25, 0.3) is 5.91 Å². The number of nitrogens with zero attached hydrogens (tertiary/aromatic N) is 1. The van der Waals surface area contributed by atoms with Crippen molar-refractivity contribution in [2.75, 3.05) is 17.2 Å². The molecule has 1 aromatic heterocycles. The molecule has 0 atom stereocenters. The van der Waals surface area contributed by atoms with Crippen LogP contribution in [-0.2, 0) is 0 Å². The first-order chi connectivity index (χ1) is 13.1. The number of hydrogen-bond donors (Lipinski definition) is 2. The lowest BCUT2D eigenvalue weighted by Crippen LogP contribution is -2.13. The molecule has 2 aromatic carbocycles. The molecular formula is C20H17F2N3O2. The number of para-hydroxylation sites is 1. The zero-order valence-corrected chi connectivity index (χ0v) is 14.5. The molecule has 1 heterocycles. The normalized spacial score (nSPS) is 10.3. The summed E-state index contributed by atoms with van der Waals surface area (Å²) in [7, 11) is 0. The largest absolute Gasteiger partial charge is 0.494 e. The third-order valence-electron chi connectivity index (χ3n) is 3.65. The van der Waals surface area contributed by atoms with Crippen molar-refractivity contribution in [3.8, 4) is 5.75 Å². The number of benzene rings is 2. The topological polar surface area (TPSA) is 63.2 Å². The SMILES string of the molecule is CCOc1ccc(NC(=O)c2ccc(Nc3c(F)cccc3F)cn2)cc1. The molecule has 138 valence electrons. The number of nitrogens with one attached hydrogen (secondary N) is 2. The highest BCUT2D eigenvalue weighted by atomic mass is 19.1. The lowest BCUT2D eigenvalue weighted by atomic mass is 10.2. The second-order valence-corrected chi connectivity index (χ2v) is 5.57. The lowest BCUT2D eigenvalue weighted by molar-refractivity contribution is 0.102. The van der Waals surface area contributed by atoms with E-state index < -0.39 is 17.5 Å². The van der Waals surface area contributed by atoms with E-state index >= 15 is 0 Å². The van der Waals surface area contributed by atoms with Crippen molar-refractivity contribution in [2.24, 2.45) is 0 Å². The Balaban J connectivity index is 1.66. The van der Waals surface area contributed by atoms with Crippen LogP contribution in [0.1, 0.15) is 17.4 Å². The Morgan fingerprint density at radius 1 is 1.00 bits per heavy atom. The number of aromatic nitrogens is 1. The Morgan fingerprint density at radius 3 is 2.26 bits per heavy atom. The van der Waals surface area contributed by atoms with Crippen molar-refractivity contribution < 1.29 is 18.3 Å². The van der Waals surface area contributed by atoms with Crippen LogP contribution in [0.3, 0.4) is 0 Å². The number of ether oxygens (including phenoxy) is 1. The Hall–Kier alpha value is -3.48. The summed E-state index contributed by atoms with van der Waals surface area (Å²) in [6, 6.07) is 13.5. The molecule has 0 saturated carbocycles. The Morgan fingerprint density at radius 2 is 1.67 bits per heavy atom. The smallest absolute Gasteiger partial charge is 0.274 e. The van der Waals surface area contributed by atoms with E-state index in [1.807, 2.05) is 6.92 Å². The van der Waals surface area contributed by atoms with Gasteiger partial charge < -0.3 is 15.4 Å². The van der Waals surface area contributed by atoms with Crippen molar-refractivity contribution >= 4 is 23.0 Å². The van der Waals surface area contributed by atoms with Crippen molar-refractivity contribution in [3.63, 3.8) is 0 Å². The number of pyridine rings is 1. The van der Waals surface area contributed by atoms with Gasteiger partial charge in [-0.15, -0.1) is 0 Å². The van der Waals surface area contributed by atoms with Gasteiger partial charge in [-0.25, -0.2) is 13.8 Å². The molecule has 0 aliphatic heterocycles. The molecule has 2 N–H and O–H groups in total.